The molecular weight excluding hydrogens is 312 g/mol. The average molecular weight is 336 g/mol. The minimum Gasteiger partial charge on any atom is -0.309 e. The van der Waals surface area contributed by atoms with Crippen LogP contribution in [0.15, 0.2) is 46.6 Å². The van der Waals surface area contributed by atoms with Gasteiger partial charge in [0.25, 0.3) is 0 Å². The third-order valence-corrected chi connectivity index (χ3v) is 5.17. The molecule has 1 aliphatic heterocycles. The van der Waals surface area contributed by atoms with E-state index in [1.54, 1.807) is 0 Å². The van der Waals surface area contributed by atoms with E-state index >= 15 is 0 Å². The first-order valence-electron chi connectivity index (χ1n) is 9.11. The van der Waals surface area contributed by atoms with Crippen LogP contribution >= 0.6 is 0 Å². The SMILES string of the molecule is CC1=CCCC2C=C([C@H](C)C(=O)Nc3cc(C4CC4)[nH]n3)N=C2C=C1. The van der Waals surface area contributed by atoms with E-state index in [1.165, 1.54) is 18.4 Å². The first-order valence-corrected chi connectivity index (χ1v) is 9.11. The van der Waals surface area contributed by atoms with Crippen molar-refractivity contribution >= 4 is 17.4 Å². The average Bonchev–Trinajstić information content (AvgIpc) is 3.21. The van der Waals surface area contributed by atoms with Gasteiger partial charge in [-0.1, -0.05) is 23.8 Å². The van der Waals surface area contributed by atoms with E-state index in [0.29, 0.717) is 17.7 Å². The molecule has 1 amide bonds. The van der Waals surface area contributed by atoms with Gasteiger partial charge < -0.3 is 5.32 Å². The molecule has 130 valence electrons. The smallest absolute Gasteiger partial charge is 0.234 e. The Labute approximate surface area is 148 Å². The van der Waals surface area contributed by atoms with Gasteiger partial charge in [-0.15, -0.1) is 0 Å². The maximum Gasteiger partial charge on any atom is 0.234 e. The highest BCUT2D eigenvalue weighted by molar-refractivity contribution is 6.02. The lowest BCUT2D eigenvalue weighted by molar-refractivity contribution is -0.118. The summed E-state index contributed by atoms with van der Waals surface area (Å²) < 4.78 is 0. The Morgan fingerprint density at radius 3 is 2.96 bits per heavy atom. The Bertz CT molecular complexity index is 807. The Balaban J connectivity index is 1.44. The molecule has 0 saturated heterocycles. The maximum atomic E-state index is 12.6. The predicted molar refractivity (Wildman–Crippen MR) is 99.5 cm³/mol. The molecule has 1 aromatic heterocycles. The highest BCUT2D eigenvalue weighted by Crippen LogP contribution is 2.39. The predicted octanol–water partition coefficient (Wildman–Crippen LogP) is 4.11. The van der Waals surface area contributed by atoms with Gasteiger partial charge in [-0.3, -0.25) is 14.9 Å². The summed E-state index contributed by atoms with van der Waals surface area (Å²) in [6.07, 6.45) is 13.1. The monoisotopic (exact) mass is 336 g/mol. The Morgan fingerprint density at radius 2 is 2.16 bits per heavy atom. The van der Waals surface area contributed by atoms with Crippen molar-refractivity contribution < 1.29 is 4.79 Å². The van der Waals surface area contributed by atoms with E-state index in [2.05, 4.69) is 46.7 Å². The van der Waals surface area contributed by atoms with Crippen LogP contribution < -0.4 is 5.32 Å². The van der Waals surface area contributed by atoms with Gasteiger partial charge in [-0.05, 0) is 45.6 Å². The van der Waals surface area contributed by atoms with Crippen LogP contribution in [0, 0.1) is 11.8 Å². The lowest BCUT2D eigenvalue weighted by Gasteiger charge is -2.10. The van der Waals surface area contributed by atoms with Crippen molar-refractivity contribution in [3.8, 4) is 0 Å². The lowest BCUT2D eigenvalue weighted by Crippen LogP contribution is -2.21. The van der Waals surface area contributed by atoms with Crippen LogP contribution in [0.25, 0.3) is 0 Å². The van der Waals surface area contributed by atoms with E-state index in [4.69, 9.17) is 4.99 Å². The summed E-state index contributed by atoms with van der Waals surface area (Å²) in [4.78, 5) is 17.3. The summed E-state index contributed by atoms with van der Waals surface area (Å²) in [7, 11) is 0. The number of nitrogens with zero attached hydrogens (tertiary/aromatic N) is 2. The molecule has 0 radical (unpaired) electrons. The standard InChI is InChI=1S/C20H24N4O/c1-12-4-3-5-15-10-17(21-16(15)9-6-12)13(2)20(25)22-19-11-18(23-24-19)14-7-8-14/h4,6,9-11,13-15H,3,5,7-8H2,1-2H3,(H2,22,23,24,25)/t13-,15?/m0/s1. The van der Waals surface area contributed by atoms with Crippen molar-refractivity contribution in [3.05, 3.63) is 47.3 Å². The molecule has 2 aliphatic carbocycles. The fraction of sp³-hybridized carbons (Fsp3) is 0.450. The number of allylic oxidation sites excluding steroid dienone is 5. The molecule has 1 saturated carbocycles. The van der Waals surface area contributed by atoms with E-state index < -0.39 is 0 Å². The summed E-state index contributed by atoms with van der Waals surface area (Å²) in [5.74, 6) is 1.18. The first kappa shape index (κ1) is 16.1. The molecule has 5 nitrogen and oxygen atoms in total. The summed E-state index contributed by atoms with van der Waals surface area (Å²) >= 11 is 0. The molecule has 3 aliphatic rings. The van der Waals surface area contributed by atoms with Crippen LogP contribution in [-0.4, -0.2) is 21.8 Å². The summed E-state index contributed by atoms with van der Waals surface area (Å²) in [5.41, 5.74) is 4.32. The van der Waals surface area contributed by atoms with Crippen LogP contribution in [0.3, 0.4) is 0 Å². The number of fused-ring (bicyclic) bond motifs is 1. The van der Waals surface area contributed by atoms with Crippen LogP contribution in [0.1, 0.15) is 51.1 Å². The Morgan fingerprint density at radius 1 is 1.32 bits per heavy atom. The number of hydrogen-bond acceptors (Lipinski definition) is 3. The second-order valence-corrected chi connectivity index (χ2v) is 7.29. The molecule has 1 aromatic rings. The zero-order valence-electron chi connectivity index (χ0n) is 14.7. The Kier molecular flexibility index (Phi) is 4.15. The third-order valence-electron chi connectivity index (χ3n) is 5.17. The minimum atomic E-state index is -0.288. The van der Waals surface area contributed by atoms with E-state index in [-0.39, 0.29) is 11.8 Å². The van der Waals surface area contributed by atoms with Crippen molar-refractivity contribution in [1.29, 1.82) is 0 Å². The normalized spacial score (nSPS) is 23.8. The van der Waals surface area contributed by atoms with Crippen molar-refractivity contribution in [2.24, 2.45) is 16.8 Å². The van der Waals surface area contributed by atoms with Gasteiger partial charge in [0.2, 0.25) is 5.91 Å². The second kappa shape index (κ2) is 6.47. The molecule has 5 heteroatoms. The molecular formula is C20H24N4O. The number of H-pyrrole nitrogens is 1. The minimum absolute atomic E-state index is 0.0583. The van der Waals surface area contributed by atoms with E-state index in [1.807, 2.05) is 13.0 Å². The number of carbonyl (C=O) groups is 1. The van der Waals surface area contributed by atoms with Crippen LogP contribution in [0.2, 0.25) is 0 Å². The Hall–Kier alpha value is -2.43. The van der Waals surface area contributed by atoms with Crippen LogP contribution in [0.4, 0.5) is 5.82 Å². The van der Waals surface area contributed by atoms with Gasteiger partial charge in [0.05, 0.1) is 5.92 Å². The van der Waals surface area contributed by atoms with Gasteiger partial charge in [-0.2, -0.15) is 5.10 Å². The highest BCUT2D eigenvalue weighted by atomic mass is 16.2. The lowest BCUT2D eigenvalue weighted by atomic mass is 9.94. The first-order chi connectivity index (χ1) is 12.1. The molecule has 0 bridgehead atoms. The van der Waals surface area contributed by atoms with Gasteiger partial charge in [-0.25, -0.2) is 0 Å². The van der Waals surface area contributed by atoms with Crippen LogP contribution in [0.5, 0.6) is 0 Å². The molecule has 1 fully saturated rings. The van der Waals surface area contributed by atoms with Crippen molar-refractivity contribution in [2.75, 3.05) is 5.32 Å². The number of rotatable bonds is 4. The van der Waals surface area contributed by atoms with E-state index in [0.717, 1.165) is 29.9 Å². The number of hydrogen-bond donors (Lipinski definition) is 2. The molecule has 0 aromatic carbocycles. The molecule has 25 heavy (non-hydrogen) atoms. The fourth-order valence-corrected chi connectivity index (χ4v) is 3.34. The highest BCUT2D eigenvalue weighted by Gasteiger charge is 2.28. The van der Waals surface area contributed by atoms with Gasteiger partial charge >= 0.3 is 0 Å². The molecule has 2 heterocycles. The number of aromatic amines is 1. The number of nitrogens with one attached hydrogen (secondary N) is 2. The summed E-state index contributed by atoms with van der Waals surface area (Å²) in [5, 5.41) is 10.1. The molecule has 1 unspecified atom stereocenters. The van der Waals surface area contributed by atoms with Crippen molar-refractivity contribution in [3.63, 3.8) is 0 Å². The van der Waals surface area contributed by atoms with E-state index in [9.17, 15) is 4.79 Å². The van der Waals surface area contributed by atoms with Crippen molar-refractivity contribution in [2.45, 2.75) is 45.4 Å². The molecule has 4 rings (SSSR count). The van der Waals surface area contributed by atoms with Crippen LogP contribution in [-0.2, 0) is 4.79 Å². The van der Waals surface area contributed by atoms with Crippen molar-refractivity contribution in [1.82, 2.24) is 10.2 Å². The van der Waals surface area contributed by atoms with Gasteiger partial charge in [0.15, 0.2) is 5.82 Å². The van der Waals surface area contributed by atoms with Gasteiger partial charge in [0, 0.05) is 35.0 Å². The maximum absolute atomic E-state index is 12.6. The summed E-state index contributed by atoms with van der Waals surface area (Å²) in [6, 6.07) is 1.95. The number of amides is 1. The molecule has 2 N–H and O–H groups in total. The zero-order valence-corrected chi connectivity index (χ0v) is 14.7. The number of aliphatic imine (C=N–C) groups is 1. The summed E-state index contributed by atoms with van der Waals surface area (Å²) in [6.45, 7) is 4.02. The zero-order chi connectivity index (χ0) is 17.4. The fourth-order valence-electron chi connectivity index (χ4n) is 3.34. The third kappa shape index (κ3) is 3.50. The number of carbonyl (C=O) groups excluding carboxylic acids is 1. The molecule has 0 spiro atoms. The molecule has 2 atom stereocenters. The topological polar surface area (TPSA) is 70.1 Å². The number of anilines is 1. The quantitative estimate of drug-likeness (QED) is 0.868. The second-order valence-electron chi connectivity index (χ2n) is 7.29. The van der Waals surface area contributed by atoms with Gasteiger partial charge in [0.1, 0.15) is 0 Å². The largest absolute Gasteiger partial charge is 0.309 e. The number of aromatic nitrogens is 2.